The summed E-state index contributed by atoms with van der Waals surface area (Å²) in [6.45, 7) is 22.5. The summed E-state index contributed by atoms with van der Waals surface area (Å²) in [7, 11) is -5.88. The number of hydrogen-bond acceptors (Lipinski definition) is 10. The highest BCUT2D eigenvalue weighted by Crippen LogP contribution is 2.57. The van der Waals surface area contributed by atoms with Gasteiger partial charge in [-0.15, -0.1) is 0 Å². The van der Waals surface area contributed by atoms with Crippen molar-refractivity contribution in [1.29, 1.82) is 0 Å². The van der Waals surface area contributed by atoms with Gasteiger partial charge in [-0.2, -0.15) is 0 Å². The van der Waals surface area contributed by atoms with Crippen LogP contribution in [0.15, 0.2) is 72.8 Å². The number of ether oxygens (including phenoxy) is 4. The maximum absolute atomic E-state index is 7.02. The van der Waals surface area contributed by atoms with Crippen molar-refractivity contribution in [2.24, 2.45) is 0 Å². The molecule has 2 saturated heterocycles. The molecule has 4 aromatic carbocycles. The van der Waals surface area contributed by atoms with E-state index in [1.165, 1.54) is 55.6 Å². The summed E-state index contributed by atoms with van der Waals surface area (Å²) in [6.07, 6.45) is 9.57. The van der Waals surface area contributed by atoms with Crippen molar-refractivity contribution < 1.29 is 45.5 Å². The van der Waals surface area contributed by atoms with Crippen LogP contribution in [0, 0.1) is 0 Å². The Hall–Kier alpha value is -3.41. The molecule has 2 fully saturated rings. The molecule has 4 aromatic rings. The Bertz CT molecular complexity index is 2060. The van der Waals surface area contributed by atoms with E-state index in [9.17, 15) is 0 Å². The Kier molecular flexibility index (Phi) is 20.0. The number of unbranched alkanes of at least 4 members (excludes halogenated alkanes) is 2. The van der Waals surface area contributed by atoms with Crippen LogP contribution in [0.4, 0.5) is 0 Å². The first-order valence-corrected chi connectivity index (χ1v) is 30.5. The quantitative estimate of drug-likeness (QED) is 0.0293. The van der Waals surface area contributed by atoms with Crippen LogP contribution in [0.2, 0.25) is 12.1 Å². The summed E-state index contributed by atoms with van der Waals surface area (Å²) >= 11 is 0. The lowest BCUT2D eigenvalue weighted by Gasteiger charge is -2.36. The van der Waals surface area contributed by atoms with E-state index in [4.69, 9.17) is 45.5 Å². The van der Waals surface area contributed by atoms with Gasteiger partial charge in [0.25, 0.3) is 0 Å². The number of aryl methyl sites for hydroxylation is 4. The predicted octanol–water partition coefficient (Wildman–Crippen LogP) is 12.3. The molecule has 378 valence electrons. The van der Waals surface area contributed by atoms with E-state index in [1.807, 2.05) is 41.5 Å². The highest BCUT2D eigenvalue weighted by atomic mass is 28.4. The molecule has 7 rings (SSSR count). The molecule has 0 bridgehead atoms. The monoisotopic (exact) mass is 983 g/mol. The minimum Gasteiger partial charge on any atom is -0.490 e. The highest BCUT2D eigenvalue weighted by Gasteiger charge is 2.48. The second kappa shape index (κ2) is 25.8. The van der Waals surface area contributed by atoms with Crippen molar-refractivity contribution in [3.05, 3.63) is 117 Å². The SMILES string of the molecule is CCCCc1cc(C2(c3cc(CCC[Si](OCC)(OCC)OCC)c(OCC4CO4)c(CCC[Si](OCC)(OCC)OCC)c3)c3ccccc3-c3ccccc32)cc(CCCC)c1OCC1CO1. The lowest BCUT2D eigenvalue weighted by atomic mass is 9.66. The predicted molar refractivity (Wildman–Crippen MR) is 279 cm³/mol. The standard InChI is InChI=1S/C57H82O10Si2/c1-9-17-25-43-35-47(36-44(26-18-10-2)55(43)60-41-49-39-58-49)57(53-31-21-19-29-51(53)52-30-20-22-32-54(52)57)48-37-45(27-23-33-68(62-11-3,63-12-4)64-13-5)56(61-42-50-40-59-50)46(38-48)28-24-34-69(65-14-6,66-15-7)67-16-8/h19-22,29-32,35-38,49-50H,9-18,23-28,33-34,39-42H2,1-8H3. The third-order valence-electron chi connectivity index (χ3n) is 13.6. The lowest BCUT2D eigenvalue weighted by Crippen LogP contribution is -2.46. The van der Waals surface area contributed by atoms with Gasteiger partial charge in [0, 0.05) is 51.7 Å². The summed E-state index contributed by atoms with van der Waals surface area (Å²) in [5, 5.41) is 0. The summed E-state index contributed by atoms with van der Waals surface area (Å²) in [5.41, 5.74) is 11.8. The molecule has 2 heterocycles. The second-order valence-corrected chi connectivity index (χ2v) is 24.0. The Labute approximate surface area is 416 Å². The van der Waals surface area contributed by atoms with E-state index in [1.54, 1.807) is 0 Å². The molecular weight excluding hydrogens is 901 g/mol. The van der Waals surface area contributed by atoms with Crippen LogP contribution >= 0.6 is 0 Å². The molecule has 0 N–H and O–H groups in total. The van der Waals surface area contributed by atoms with Crippen LogP contribution in [0.5, 0.6) is 11.5 Å². The van der Waals surface area contributed by atoms with Crippen LogP contribution in [0.25, 0.3) is 11.1 Å². The lowest BCUT2D eigenvalue weighted by molar-refractivity contribution is 0.0700. The molecule has 0 saturated carbocycles. The van der Waals surface area contributed by atoms with Gasteiger partial charge in [-0.1, -0.05) is 99.5 Å². The average molecular weight is 983 g/mol. The molecule has 12 heteroatoms. The van der Waals surface area contributed by atoms with Crippen LogP contribution in [0.3, 0.4) is 0 Å². The zero-order chi connectivity index (χ0) is 48.7. The second-order valence-electron chi connectivity index (χ2n) is 18.5. The van der Waals surface area contributed by atoms with Gasteiger partial charge in [-0.05, 0) is 149 Å². The van der Waals surface area contributed by atoms with Crippen molar-refractivity contribution in [2.45, 2.75) is 149 Å². The van der Waals surface area contributed by atoms with Crippen molar-refractivity contribution in [3.8, 4) is 22.6 Å². The van der Waals surface area contributed by atoms with Gasteiger partial charge in [0.1, 0.15) is 36.9 Å². The zero-order valence-electron chi connectivity index (χ0n) is 43.2. The number of epoxide rings is 2. The van der Waals surface area contributed by atoms with Crippen LogP contribution < -0.4 is 9.47 Å². The Morgan fingerprint density at radius 1 is 0.464 bits per heavy atom. The minimum atomic E-state index is -2.94. The van der Waals surface area contributed by atoms with E-state index in [0.29, 0.717) is 71.6 Å². The van der Waals surface area contributed by atoms with Crippen LogP contribution in [0.1, 0.15) is 138 Å². The fraction of sp³-hybridized carbons (Fsp3) is 0.579. The summed E-state index contributed by atoms with van der Waals surface area (Å²) in [6, 6.07) is 29.5. The van der Waals surface area contributed by atoms with E-state index in [0.717, 1.165) is 82.3 Å². The molecule has 2 atom stereocenters. The number of benzene rings is 4. The van der Waals surface area contributed by atoms with Crippen LogP contribution in [-0.4, -0.2) is 95.9 Å². The fourth-order valence-electron chi connectivity index (χ4n) is 10.5. The fourth-order valence-corrected chi connectivity index (χ4v) is 15.7. The van der Waals surface area contributed by atoms with Crippen molar-refractivity contribution in [1.82, 2.24) is 0 Å². The molecular formula is C57H82O10Si2. The Morgan fingerprint density at radius 3 is 1.09 bits per heavy atom. The van der Waals surface area contributed by atoms with Gasteiger partial charge in [0.05, 0.1) is 18.6 Å². The molecule has 69 heavy (non-hydrogen) atoms. The first-order chi connectivity index (χ1) is 33.8. The Balaban J connectivity index is 1.48. The van der Waals surface area contributed by atoms with Crippen molar-refractivity contribution in [2.75, 3.05) is 66.1 Å². The van der Waals surface area contributed by atoms with Gasteiger partial charge < -0.3 is 45.5 Å². The number of fused-ring (bicyclic) bond motifs is 3. The summed E-state index contributed by atoms with van der Waals surface area (Å²) in [5.74, 6) is 1.99. The molecule has 0 amide bonds. The third kappa shape index (κ3) is 12.8. The van der Waals surface area contributed by atoms with Gasteiger partial charge in [0.2, 0.25) is 0 Å². The van der Waals surface area contributed by atoms with Crippen molar-refractivity contribution in [3.63, 3.8) is 0 Å². The van der Waals surface area contributed by atoms with Crippen molar-refractivity contribution >= 4 is 17.6 Å². The molecule has 1 aliphatic carbocycles. The summed E-state index contributed by atoms with van der Waals surface area (Å²) in [4.78, 5) is 0. The summed E-state index contributed by atoms with van der Waals surface area (Å²) < 4.78 is 63.8. The molecule has 10 nitrogen and oxygen atoms in total. The molecule has 0 aromatic heterocycles. The van der Waals surface area contributed by atoms with E-state index in [2.05, 4.69) is 86.6 Å². The normalized spacial score (nSPS) is 16.9. The number of rotatable bonds is 34. The highest BCUT2D eigenvalue weighted by molar-refractivity contribution is 6.61. The minimum absolute atomic E-state index is 0.0865. The maximum Gasteiger partial charge on any atom is 0.500 e. The molecule has 2 aliphatic heterocycles. The maximum atomic E-state index is 7.02. The topological polar surface area (TPSA) is 98.9 Å². The molecule has 0 spiro atoms. The molecule has 3 aliphatic rings. The largest absolute Gasteiger partial charge is 0.500 e. The smallest absolute Gasteiger partial charge is 0.490 e. The first-order valence-electron chi connectivity index (χ1n) is 26.6. The van der Waals surface area contributed by atoms with E-state index >= 15 is 0 Å². The Morgan fingerprint density at radius 2 is 0.783 bits per heavy atom. The first kappa shape index (κ1) is 53.4. The third-order valence-corrected chi connectivity index (χ3v) is 19.9. The molecule has 0 radical (unpaired) electrons. The molecule has 2 unspecified atom stereocenters. The van der Waals surface area contributed by atoms with Crippen LogP contribution in [-0.2, 0) is 67.1 Å². The zero-order valence-corrected chi connectivity index (χ0v) is 45.2. The number of hydrogen-bond donors (Lipinski definition) is 0. The van der Waals surface area contributed by atoms with Gasteiger partial charge in [-0.25, -0.2) is 0 Å². The average Bonchev–Trinajstić information content (AvgIpc) is 4.31. The van der Waals surface area contributed by atoms with Gasteiger partial charge >= 0.3 is 17.6 Å². The van der Waals surface area contributed by atoms with Gasteiger partial charge in [-0.3, -0.25) is 0 Å². The van der Waals surface area contributed by atoms with Gasteiger partial charge in [0.15, 0.2) is 0 Å². The van der Waals surface area contributed by atoms with E-state index < -0.39 is 23.0 Å². The van der Waals surface area contributed by atoms with E-state index in [-0.39, 0.29) is 12.2 Å².